The van der Waals surface area contributed by atoms with Gasteiger partial charge in [-0.05, 0) is 37.6 Å². The van der Waals surface area contributed by atoms with Crippen molar-refractivity contribution in [3.05, 3.63) is 35.6 Å². The predicted octanol–water partition coefficient (Wildman–Crippen LogP) is 0.838. The second kappa shape index (κ2) is 9.41. The molecule has 3 fully saturated rings. The molecule has 30 heavy (non-hydrogen) atoms. The van der Waals surface area contributed by atoms with E-state index in [9.17, 15) is 14.0 Å². The summed E-state index contributed by atoms with van der Waals surface area (Å²) < 4.78 is 18.5. The van der Waals surface area contributed by atoms with Gasteiger partial charge in [-0.25, -0.2) is 4.39 Å². The van der Waals surface area contributed by atoms with Crippen LogP contribution in [-0.4, -0.2) is 91.1 Å². The third-order valence-corrected chi connectivity index (χ3v) is 6.70. The zero-order valence-corrected chi connectivity index (χ0v) is 17.6. The van der Waals surface area contributed by atoms with Gasteiger partial charge in [0, 0.05) is 51.2 Å². The van der Waals surface area contributed by atoms with Crippen LogP contribution in [-0.2, 0) is 20.9 Å². The fourth-order valence-electron chi connectivity index (χ4n) is 4.91. The molecule has 8 heteroatoms. The van der Waals surface area contributed by atoms with E-state index in [0.29, 0.717) is 45.8 Å². The molecule has 7 nitrogen and oxygen atoms in total. The first-order valence-electron chi connectivity index (χ1n) is 10.9. The van der Waals surface area contributed by atoms with Crippen molar-refractivity contribution in [1.29, 1.82) is 0 Å². The molecule has 3 saturated heterocycles. The van der Waals surface area contributed by atoms with Crippen molar-refractivity contribution in [3.63, 3.8) is 0 Å². The van der Waals surface area contributed by atoms with Crippen molar-refractivity contribution in [3.8, 4) is 0 Å². The van der Waals surface area contributed by atoms with Crippen LogP contribution < -0.4 is 5.32 Å². The number of carbonyl (C=O) groups excluding carboxylic acids is 2. The third kappa shape index (κ3) is 4.66. The highest BCUT2D eigenvalue weighted by Gasteiger charge is 2.44. The van der Waals surface area contributed by atoms with Crippen LogP contribution in [0.3, 0.4) is 0 Å². The maximum Gasteiger partial charge on any atom is 0.239 e. The molecule has 0 aliphatic carbocycles. The number of hydrogen-bond donors (Lipinski definition) is 1. The van der Waals surface area contributed by atoms with E-state index in [4.69, 9.17) is 4.74 Å². The molecule has 1 aromatic rings. The Morgan fingerprint density at radius 3 is 2.67 bits per heavy atom. The number of morpholine rings is 1. The van der Waals surface area contributed by atoms with Crippen molar-refractivity contribution in [2.45, 2.75) is 43.9 Å². The highest BCUT2D eigenvalue weighted by atomic mass is 19.1. The first-order chi connectivity index (χ1) is 14.5. The molecule has 0 radical (unpaired) electrons. The Morgan fingerprint density at radius 1 is 1.20 bits per heavy atom. The summed E-state index contributed by atoms with van der Waals surface area (Å²) in [7, 11) is 2.07. The Balaban J connectivity index is 1.37. The highest BCUT2D eigenvalue weighted by Crippen LogP contribution is 2.28. The summed E-state index contributed by atoms with van der Waals surface area (Å²) in [5.74, 6) is -0.0314. The minimum absolute atomic E-state index is 0.0495. The summed E-state index contributed by atoms with van der Waals surface area (Å²) in [4.78, 5) is 31.8. The molecule has 0 spiro atoms. The van der Waals surface area contributed by atoms with E-state index in [1.165, 1.54) is 12.1 Å². The quantitative estimate of drug-likeness (QED) is 0.768. The van der Waals surface area contributed by atoms with Gasteiger partial charge in [-0.15, -0.1) is 0 Å². The standard InChI is InChI=1S/C22H31FN4O3/c1-25-18(6-7-20(28)26-10-12-30-13-11-26)14-24-22(29)21-19(25)8-9-27(21)15-16-2-4-17(23)5-3-16/h2-5,18-19,21H,6-15H2,1H3,(H,24,29)/t18-,19-,21-/m0/s1. The van der Waals surface area contributed by atoms with E-state index < -0.39 is 0 Å². The average molecular weight is 419 g/mol. The molecule has 2 amide bonds. The number of nitrogens with one attached hydrogen (secondary N) is 1. The first-order valence-corrected chi connectivity index (χ1v) is 10.9. The second-order valence-corrected chi connectivity index (χ2v) is 8.49. The Kier molecular flexibility index (Phi) is 6.65. The van der Waals surface area contributed by atoms with Crippen molar-refractivity contribution in [2.24, 2.45) is 0 Å². The summed E-state index contributed by atoms with van der Waals surface area (Å²) in [6.07, 6.45) is 2.12. The van der Waals surface area contributed by atoms with Crippen molar-refractivity contribution in [1.82, 2.24) is 20.0 Å². The minimum atomic E-state index is -0.251. The van der Waals surface area contributed by atoms with Gasteiger partial charge >= 0.3 is 0 Å². The number of halogens is 1. The SMILES string of the molecule is CN1[C@@H](CCC(=O)N2CCOCC2)CNC(=O)[C@@H]2[C@@H]1CCN2Cc1ccc(F)cc1. The lowest BCUT2D eigenvalue weighted by Gasteiger charge is -2.33. The number of likely N-dealkylation sites (tertiary alicyclic amines) is 1. The molecular weight excluding hydrogens is 387 g/mol. The lowest BCUT2D eigenvalue weighted by Crippen LogP contribution is -2.49. The normalized spacial score (nSPS) is 28.1. The van der Waals surface area contributed by atoms with Gasteiger partial charge in [0.15, 0.2) is 0 Å². The molecule has 0 aromatic heterocycles. The lowest BCUT2D eigenvalue weighted by molar-refractivity contribution is -0.135. The molecule has 1 aromatic carbocycles. The van der Waals surface area contributed by atoms with Gasteiger partial charge in [0.2, 0.25) is 11.8 Å². The summed E-state index contributed by atoms with van der Waals surface area (Å²) in [5.41, 5.74) is 1.00. The van der Waals surface area contributed by atoms with Crippen LogP contribution in [0.1, 0.15) is 24.8 Å². The molecular formula is C22H31FN4O3. The van der Waals surface area contributed by atoms with Gasteiger partial charge in [-0.3, -0.25) is 19.4 Å². The predicted molar refractivity (Wildman–Crippen MR) is 110 cm³/mol. The molecule has 1 N–H and O–H groups in total. The number of nitrogens with zero attached hydrogens (tertiary/aromatic N) is 3. The van der Waals surface area contributed by atoms with E-state index in [0.717, 1.165) is 24.9 Å². The molecule has 3 atom stereocenters. The summed E-state index contributed by atoms with van der Waals surface area (Å²) in [5, 5.41) is 3.10. The topological polar surface area (TPSA) is 65.1 Å². The third-order valence-electron chi connectivity index (χ3n) is 6.70. The van der Waals surface area contributed by atoms with Gasteiger partial charge in [0.25, 0.3) is 0 Å². The van der Waals surface area contributed by atoms with Crippen LogP contribution >= 0.6 is 0 Å². The largest absolute Gasteiger partial charge is 0.378 e. The summed E-state index contributed by atoms with van der Waals surface area (Å²) in [6, 6.07) is 6.52. The number of fused-ring (bicyclic) bond motifs is 1. The van der Waals surface area contributed by atoms with Gasteiger partial charge in [-0.1, -0.05) is 12.1 Å². The monoisotopic (exact) mass is 418 g/mol. The molecule has 3 aliphatic heterocycles. The van der Waals surface area contributed by atoms with Gasteiger partial charge in [0.05, 0.1) is 13.2 Å². The van der Waals surface area contributed by atoms with Crippen LogP contribution in [0.15, 0.2) is 24.3 Å². The number of amides is 2. The van der Waals surface area contributed by atoms with Crippen LogP contribution in [0.4, 0.5) is 4.39 Å². The highest BCUT2D eigenvalue weighted by molar-refractivity contribution is 5.83. The smallest absolute Gasteiger partial charge is 0.239 e. The van der Waals surface area contributed by atoms with Crippen LogP contribution in [0, 0.1) is 5.82 Å². The molecule has 3 aliphatic rings. The number of carbonyl (C=O) groups is 2. The maximum atomic E-state index is 13.2. The molecule has 4 rings (SSSR count). The second-order valence-electron chi connectivity index (χ2n) is 8.49. The maximum absolute atomic E-state index is 13.2. The van der Waals surface area contributed by atoms with Crippen molar-refractivity contribution >= 4 is 11.8 Å². The molecule has 0 bridgehead atoms. The number of benzene rings is 1. The first kappa shape index (κ1) is 21.2. The zero-order chi connectivity index (χ0) is 21.1. The van der Waals surface area contributed by atoms with Crippen LogP contribution in [0.25, 0.3) is 0 Å². The van der Waals surface area contributed by atoms with E-state index in [2.05, 4.69) is 22.2 Å². The number of rotatable bonds is 5. The number of ether oxygens (including phenoxy) is 1. The number of hydrogen-bond acceptors (Lipinski definition) is 5. The average Bonchev–Trinajstić information content (AvgIpc) is 3.13. The lowest BCUT2D eigenvalue weighted by atomic mass is 10.0. The Hall–Kier alpha value is -2.03. The summed E-state index contributed by atoms with van der Waals surface area (Å²) >= 11 is 0. The fraction of sp³-hybridized carbons (Fsp3) is 0.636. The minimum Gasteiger partial charge on any atom is -0.378 e. The van der Waals surface area contributed by atoms with E-state index >= 15 is 0 Å². The number of likely N-dealkylation sites (N-methyl/N-ethyl adjacent to an activating group) is 1. The van der Waals surface area contributed by atoms with Crippen molar-refractivity contribution < 1.29 is 18.7 Å². The van der Waals surface area contributed by atoms with Crippen molar-refractivity contribution in [2.75, 3.05) is 46.4 Å². The molecule has 0 unspecified atom stereocenters. The van der Waals surface area contributed by atoms with Gasteiger partial charge in [-0.2, -0.15) is 0 Å². The zero-order valence-electron chi connectivity index (χ0n) is 17.6. The fourth-order valence-corrected chi connectivity index (χ4v) is 4.91. The van der Waals surface area contributed by atoms with E-state index in [1.54, 1.807) is 12.1 Å². The van der Waals surface area contributed by atoms with E-state index in [1.807, 2.05) is 4.90 Å². The van der Waals surface area contributed by atoms with Gasteiger partial charge < -0.3 is 15.0 Å². The molecule has 0 saturated carbocycles. The Labute approximate surface area is 177 Å². The molecule has 3 heterocycles. The summed E-state index contributed by atoms with van der Waals surface area (Å²) in [6.45, 7) is 4.56. The van der Waals surface area contributed by atoms with Gasteiger partial charge in [0.1, 0.15) is 11.9 Å². The Morgan fingerprint density at radius 2 is 1.93 bits per heavy atom. The van der Waals surface area contributed by atoms with Crippen LogP contribution in [0.2, 0.25) is 0 Å². The Bertz CT molecular complexity index is 753. The van der Waals surface area contributed by atoms with Crippen LogP contribution in [0.5, 0.6) is 0 Å². The van der Waals surface area contributed by atoms with E-state index in [-0.39, 0.29) is 35.8 Å². The molecule has 164 valence electrons.